The van der Waals surface area contributed by atoms with Crippen LogP contribution in [-0.4, -0.2) is 48.9 Å². The number of hydrogen-bond acceptors (Lipinski definition) is 4. The Morgan fingerprint density at radius 2 is 2.40 bits per heavy atom. The first-order valence-corrected chi connectivity index (χ1v) is 6.23. The molecule has 1 atom stereocenters. The van der Waals surface area contributed by atoms with Gasteiger partial charge in [0.25, 0.3) is 10.0 Å². The maximum Gasteiger partial charge on any atom is 0.260 e. The number of nitrogens with one attached hydrogen (secondary N) is 2. The van der Waals surface area contributed by atoms with Gasteiger partial charge in [0.1, 0.15) is 0 Å². The molecule has 0 spiro atoms. The Morgan fingerprint density at radius 1 is 1.60 bits per heavy atom. The second-order valence-electron chi connectivity index (χ2n) is 3.58. The van der Waals surface area contributed by atoms with Gasteiger partial charge in [0.2, 0.25) is 0 Å². The summed E-state index contributed by atoms with van der Waals surface area (Å²) >= 11 is 0. The molecule has 2 heterocycles. The zero-order chi connectivity index (χ0) is 10.9. The quantitative estimate of drug-likeness (QED) is 0.726. The minimum atomic E-state index is -3.40. The molecule has 6 nitrogen and oxygen atoms in total. The second kappa shape index (κ2) is 3.92. The summed E-state index contributed by atoms with van der Waals surface area (Å²) in [5, 5.41) is 3.29. The number of hydrogen-bond donors (Lipinski definition) is 2. The van der Waals surface area contributed by atoms with Gasteiger partial charge in [-0.15, -0.1) is 0 Å². The average molecular weight is 230 g/mol. The number of rotatable bonds is 3. The van der Waals surface area contributed by atoms with Crippen molar-refractivity contribution < 1.29 is 8.42 Å². The van der Waals surface area contributed by atoms with Crippen LogP contribution in [-0.2, 0) is 10.0 Å². The summed E-state index contributed by atoms with van der Waals surface area (Å²) in [6.07, 6.45) is 3.55. The van der Waals surface area contributed by atoms with Gasteiger partial charge in [-0.2, -0.15) is 4.31 Å². The van der Waals surface area contributed by atoms with Crippen LogP contribution in [0.4, 0.5) is 0 Å². The molecule has 1 unspecified atom stereocenters. The average Bonchev–Trinajstić information content (AvgIpc) is 2.89. The Labute approximate surface area is 88.7 Å². The maximum absolute atomic E-state index is 12.0. The highest BCUT2D eigenvalue weighted by Gasteiger charge is 2.30. The Hall–Kier alpha value is -0.920. The molecule has 15 heavy (non-hydrogen) atoms. The highest BCUT2D eigenvalue weighted by molar-refractivity contribution is 7.89. The number of sulfonamides is 1. The van der Waals surface area contributed by atoms with E-state index in [1.807, 2.05) is 0 Å². The van der Waals surface area contributed by atoms with Gasteiger partial charge in [0, 0.05) is 19.6 Å². The zero-order valence-corrected chi connectivity index (χ0v) is 9.29. The molecule has 1 aliphatic heterocycles. The van der Waals surface area contributed by atoms with Gasteiger partial charge in [-0.3, -0.25) is 0 Å². The van der Waals surface area contributed by atoms with Gasteiger partial charge in [0.05, 0.1) is 12.5 Å². The van der Waals surface area contributed by atoms with E-state index in [-0.39, 0.29) is 11.1 Å². The highest BCUT2D eigenvalue weighted by Crippen LogP contribution is 2.16. The van der Waals surface area contributed by atoms with Crippen molar-refractivity contribution in [2.75, 3.05) is 20.1 Å². The Morgan fingerprint density at radius 3 is 2.93 bits per heavy atom. The van der Waals surface area contributed by atoms with Crippen LogP contribution >= 0.6 is 0 Å². The number of likely N-dealkylation sites (N-methyl/N-ethyl adjacent to an activating group) is 1. The lowest BCUT2D eigenvalue weighted by Crippen LogP contribution is -2.38. The third-order valence-electron chi connectivity index (χ3n) is 2.68. The maximum atomic E-state index is 12.0. The fourth-order valence-corrected chi connectivity index (χ4v) is 2.96. The van der Waals surface area contributed by atoms with Crippen LogP contribution in [0, 0.1) is 0 Å². The molecule has 1 saturated heterocycles. The van der Waals surface area contributed by atoms with Crippen molar-refractivity contribution in [2.45, 2.75) is 17.5 Å². The predicted octanol–water partition coefficient (Wildman–Crippen LogP) is -0.608. The standard InChI is InChI=1S/C8H14N4O2S/c1-12(7-2-3-9-4-7)15(13,14)8-5-10-6-11-8/h5-7,9H,2-4H2,1H3,(H,10,11). The summed E-state index contributed by atoms with van der Waals surface area (Å²) in [7, 11) is -1.80. The lowest BCUT2D eigenvalue weighted by Gasteiger charge is -2.21. The number of H-pyrrole nitrogens is 1. The van der Waals surface area contributed by atoms with E-state index in [9.17, 15) is 8.42 Å². The zero-order valence-electron chi connectivity index (χ0n) is 8.47. The van der Waals surface area contributed by atoms with Crippen LogP contribution < -0.4 is 5.32 Å². The SMILES string of the molecule is CN(C1CCNC1)S(=O)(=O)c1cnc[nH]1. The molecule has 0 aromatic carbocycles. The van der Waals surface area contributed by atoms with E-state index in [0.29, 0.717) is 6.54 Å². The van der Waals surface area contributed by atoms with E-state index in [4.69, 9.17) is 0 Å². The summed E-state index contributed by atoms with van der Waals surface area (Å²) in [4.78, 5) is 6.34. The van der Waals surface area contributed by atoms with E-state index in [1.54, 1.807) is 7.05 Å². The molecule has 1 aromatic rings. The molecule has 0 bridgehead atoms. The fourth-order valence-electron chi connectivity index (χ4n) is 1.69. The highest BCUT2D eigenvalue weighted by atomic mass is 32.2. The molecule has 1 fully saturated rings. The predicted molar refractivity (Wildman–Crippen MR) is 54.8 cm³/mol. The Bertz CT molecular complexity index is 408. The molecule has 1 aromatic heterocycles. The van der Waals surface area contributed by atoms with E-state index >= 15 is 0 Å². The van der Waals surface area contributed by atoms with Crippen molar-refractivity contribution in [1.29, 1.82) is 0 Å². The van der Waals surface area contributed by atoms with E-state index in [2.05, 4.69) is 15.3 Å². The molecule has 7 heteroatoms. The van der Waals surface area contributed by atoms with Crippen LogP contribution in [0.5, 0.6) is 0 Å². The van der Waals surface area contributed by atoms with E-state index in [1.165, 1.54) is 16.8 Å². The lowest BCUT2D eigenvalue weighted by atomic mass is 10.3. The van der Waals surface area contributed by atoms with Crippen LogP contribution in [0.15, 0.2) is 17.6 Å². The molecule has 1 aliphatic rings. The number of imidazole rings is 1. The molecule has 2 N–H and O–H groups in total. The van der Waals surface area contributed by atoms with E-state index < -0.39 is 10.0 Å². The van der Waals surface area contributed by atoms with Gasteiger partial charge in [-0.1, -0.05) is 0 Å². The largest absolute Gasteiger partial charge is 0.335 e. The fraction of sp³-hybridized carbons (Fsp3) is 0.625. The van der Waals surface area contributed by atoms with Gasteiger partial charge in [-0.05, 0) is 13.0 Å². The first kappa shape index (κ1) is 10.6. The number of aromatic nitrogens is 2. The summed E-state index contributed by atoms with van der Waals surface area (Å²) in [5.74, 6) is 0. The van der Waals surface area contributed by atoms with Crippen LogP contribution in [0.25, 0.3) is 0 Å². The Balaban J connectivity index is 2.22. The molecule has 0 amide bonds. The van der Waals surface area contributed by atoms with Crippen molar-refractivity contribution in [3.8, 4) is 0 Å². The van der Waals surface area contributed by atoms with Crippen molar-refractivity contribution >= 4 is 10.0 Å². The van der Waals surface area contributed by atoms with Crippen LogP contribution in [0.1, 0.15) is 6.42 Å². The third kappa shape index (κ3) is 1.90. The summed E-state index contributed by atoms with van der Waals surface area (Å²) in [6, 6.07) is 0.0401. The molecule has 2 rings (SSSR count). The molecular formula is C8H14N4O2S. The van der Waals surface area contributed by atoms with Gasteiger partial charge in [0.15, 0.2) is 5.03 Å². The van der Waals surface area contributed by atoms with Crippen LogP contribution in [0.2, 0.25) is 0 Å². The van der Waals surface area contributed by atoms with Crippen molar-refractivity contribution in [2.24, 2.45) is 0 Å². The molecular weight excluding hydrogens is 216 g/mol. The minimum Gasteiger partial charge on any atom is -0.335 e. The molecule has 0 radical (unpaired) electrons. The first-order chi connectivity index (χ1) is 7.12. The van der Waals surface area contributed by atoms with Gasteiger partial charge in [-0.25, -0.2) is 13.4 Å². The normalized spacial score (nSPS) is 22.4. The smallest absolute Gasteiger partial charge is 0.260 e. The van der Waals surface area contributed by atoms with E-state index in [0.717, 1.165) is 13.0 Å². The summed E-state index contributed by atoms with van der Waals surface area (Å²) < 4.78 is 25.4. The Kier molecular flexibility index (Phi) is 2.76. The van der Waals surface area contributed by atoms with Crippen LogP contribution in [0.3, 0.4) is 0 Å². The molecule has 0 saturated carbocycles. The third-order valence-corrected chi connectivity index (χ3v) is 4.51. The lowest BCUT2D eigenvalue weighted by molar-refractivity contribution is 0.386. The monoisotopic (exact) mass is 230 g/mol. The van der Waals surface area contributed by atoms with Gasteiger partial charge < -0.3 is 10.3 Å². The summed E-state index contributed by atoms with van der Waals surface area (Å²) in [5.41, 5.74) is 0. The van der Waals surface area contributed by atoms with Gasteiger partial charge >= 0.3 is 0 Å². The van der Waals surface area contributed by atoms with Crippen molar-refractivity contribution in [1.82, 2.24) is 19.6 Å². The second-order valence-corrected chi connectivity index (χ2v) is 5.55. The first-order valence-electron chi connectivity index (χ1n) is 4.79. The van der Waals surface area contributed by atoms with Crippen molar-refractivity contribution in [3.63, 3.8) is 0 Å². The minimum absolute atomic E-state index is 0.0401. The molecule has 84 valence electrons. The number of nitrogens with zero attached hydrogens (tertiary/aromatic N) is 2. The van der Waals surface area contributed by atoms with Crippen molar-refractivity contribution in [3.05, 3.63) is 12.5 Å². The number of aromatic amines is 1. The molecule has 0 aliphatic carbocycles. The topological polar surface area (TPSA) is 78.1 Å². The summed E-state index contributed by atoms with van der Waals surface area (Å²) in [6.45, 7) is 1.58.